The molecular weight excluding hydrogens is 302 g/mol. The van der Waals surface area contributed by atoms with Crippen molar-refractivity contribution in [3.8, 4) is 10.7 Å². The summed E-state index contributed by atoms with van der Waals surface area (Å²) in [6.45, 7) is 2.67. The Kier molecular flexibility index (Phi) is 4.18. The van der Waals surface area contributed by atoms with Crippen molar-refractivity contribution in [1.29, 1.82) is 0 Å². The van der Waals surface area contributed by atoms with Crippen LogP contribution in [0.4, 0.5) is 5.69 Å². The van der Waals surface area contributed by atoms with Crippen molar-refractivity contribution in [3.63, 3.8) is 0 Å². The molecule has 3 rings (SSSR count). The number of rotatable bonds is 4. The average molecular weight is 316 g/mol. The first-order valence-corrected chi connectivity index (χ1v) is 7.84. The van der Waals surface area contributed by atoms with Crippen LogP contribution in [0.1, 0.15) is 11.3 Å². The molecule has 1 aromatic carbocycles. The van der Waals surface area contributed by atoms with Crippen LogP contribution in [0.25, 0.3) is 10.7 Å². The van der Waals surface area contributed by atoms with Gasteiger partial charge in [0.2, 0.25) is 0 Å². The lowest BCUT2D eigenvalue weighted by atomic mass is 10.2. The van der Waals surface area contributed by atoms with Crippen molar-refractivity contribution >= 4 is 28.6 Å². The van der Waals surface area contributed by atoms with E-state index in [0.717, 1.165) is 32.7 Å². The Hall–Kier alpha value is -1.91. The van der Waals surface area contributed by atoms with Gasteiger partial charge < -0.3 is 5.32 Å². The molecule has 0 aliphatic carbocycles. The van der Waals surface area contributed by atoms with E-state index >= 15 is 0 Å². The average Bonchev–Trinajstić information content (AvgIpc) is 2.96. The first-order chi connectivity index (χ1) is 10.2. The first-order valence-electron chi connectivity index (χ1n) is 6.58. The molecule has 2 heterocycles. The summed E-state index contributed by atoms with van der Waals surface area (Å²) < 4.78 is 0. The zero-order chi connectivity index (χ0) is 14.7. The minimum absolute atomic E-state index is 0.645. The van der Waals surface area contributed by atoms with Crippen molar-refractivity contribution in [1.82, 2.24) is 9.97 Å². The SMILES string of the molecule is Cc1ccc(NCc2csc(-c3ccccn3)n2)c(Cl)c1. The second-order valence-corrected chi connectivity index (χ2v) is 5.96. The fourth-order valence-electron chi connectivity index (χ4n) is 1.94. The minimum Gasteiger partial charge on any atom is -0.378 e. The van der Waals surface area contributed by atoms with Crippen LogP contribution in [0.5, 0.6) is 0 Å². The molecule has 0 spiro atoms. The van der Waals surface area contributed by atoms with E-state index in [-0.39, 0.29) is 0 Å². The summed E-state index contributed by atoms with van der Waals surface area (Å²) >= 11 is 7.80. The Morgan fingerprint density at radius 3 is 2.90 bits per heavy atom. The number of hydrogen-bond acceptors (Lipinski definition) is 4. The third-order valence-corrected chi connectivity index (χ3v) is 4.25. The molecule has 0 saturated heterocycles. The number of nitrogens with one attached hydrogen (secondary N) is 1. The maximum Gasteiger partial charge on any atom is 0.142 e. The lowest BCUT2D eigenvalue weighted by molar-refractivity contribution is 1.07. The highest BCUT2D eigenvalue weighted by molar-refractivity contribution is 7.13. The number of pyridine rings is 1. The molecule has 106 valence electrons. The third-order valence-electron chi connectivity index (χ3n) is 3.02. The van der Waals surface area contributed by atoms with Gasteiger partial charge in [0.05, 0.1) is 28.6 Å². The van der Waals surface area contributed by atoms with Crippen molar-refractivity contribution < 1.29 is 0 Å². The predicted molar refractivity (Wildman–Crippen MR) is 88.9 cm³/mol. The summed E-state index contributed by atoms with van der Waals surface area (Å²) in [4.78, 5) is 8.90. The lowest BCUT2D eigenvalue weighted by Crippen LogP contribution is -2.00. The van der Waals surface area contributed by atoms with Crippen LogP contribution in [-0.4, -0.2) is 9.97 Å². The standard InChI is InChI=1S/C16H14ClN3S/c1-11-5-6-14(13(17)8-11)19-9-12-10-21-16(20-12)15-4-2-3-7-18-15/h2-8,10,19H,9H2,1H3. The first kappa shape index (κ1) is 14.0. The van der Waals surface area contributed by atoms with E-state index in [1.54, 1.807) is 17.5 Å². The van der Waals surface area contributed by atoms with Gasteiger partial charge in [-0.05, 0) is 36.8 Å². The van der Waals surface area contributed by atoms with Crippen molar-refractivity contribution in [2.24, 2.45) is 0 Å². The molecule has 0 aliphatic heterocycles. The summed E-state index contributed by atoms with van der Waals surface area (Å²) in [6.07, 6.45) is 1.78. The highest BCUT2D eigenvalue weighted by Gasteiger charge is 2.06. The second kappa shape index (κ2) is 6.24. The van der Waals surface area contributed by atoms with E-state index in [1.165, 1.54) is 0 Å². The van der Waals surface area contributed by atoms with E-state index < -0.39 is 0 Å². The number of aryl methyl sites for hydroxylation is 1. The van der Waals surface area contributed by atoms with E-state index in [0.29, 0.717) is 6.54 Å². The molecule has 0 fully saturated rings. The van der Waals surface area contributed by atoms with Crippen molar-refractivity contribution in [2.45, 2.75) is 13.5 Å². The van der Waals surface area contributed by atoms with Gasteiger partial charge in [-0.3, -0.25) is 4.98 Å². The van der Waals surface area contributed by atoms with Gasteiger partial charge in [-0.2, -0.15) is 0 Å². The molecule has 21 heavy (non-hydrogen) atoms. The fraction of sp³-hybridized carbons (Fsp3) is 0.125. The Morgan fingerprint density at radius 2 is 2.14 bits per heavy atom. The van der Waals surface area contributed by atoms with Crippen LogP contribution in [0.15, 0.2) is 48.0 Å². The van der Waals surface area contributed by atoms with Gasteiger partial charge in [0.1, 0.15) is 5.01 Å². The molecule has 0 radical (unpaired) electrons. The molecule has 0 aliphatic rings. The maximum absolute atomic E-state index is 6.21. The quantitative estimate of drug-likeness (QED) is 0.753. The van der Waals surface area contributed by atoms with Gasteiger partial charge in [-0.25, -0.2) is 4.98 Å². The molecule has 0 saturated carbocycles. The lowest BCUT2D eigenvalue weighted by Gasteiger charge is -2.07. The Morgan fingerprint density at radius 1 is 1.24 bits per heavy atom. The van der Waals surface area contributed by atoms with Crippen LogP contribution in [0.2, 0.25) is 5.02 Å². The normalized spacial score (nSPS) is 10.6. The molecule has 0 unspecified atom stereocenters. The van der Waals surface area contributed by atoms with Gasteiger partial charge in [-0.15, -0.1) is 11.3 Å². The predicted octanol–water partition coefficient (Wildman–Crippen LogP) is 4.78. The van der Waals surface area contributed by atoms with Crippen molar-refractivity contribution in [3.05, 3.63) is 64.3 Å². The summed E-state index contributed by atoms with van der Waals surface area (Å²) in [5.41, 5.74) is 3.96. The molecule has 1 N–H and O–H groups in total. The van der Waals surface area contributed by atoms with E-state index in [1.807, 2.05) is 48.7 Å². The van der Waals surface area contributed by atoms with Crippen LogP contribution in [0.3, 0.4) is 0 Å². The number of aromatic nitrogens is 2. The van der Waals surface area contributed by atoms with Gasteiger partial charge >= 0.3 is 0 Å². The number of thiazole rings is 1. The molecule has 3 nitrogen and oxygen atoms in total. The van der Waals surface area contributed by atoms with E-state index in [4.69, 9.17) is 11.6 Å². The monoisotopic (exact) mass is 315 g/mol. The number of hydrogen-bond donors (Lipinski definition) is 1. The maximum atomic E-state index is 6.21. The van der Waals surface area contributed by atoms with Gasteiger partial charge in [0.25, 0.3) is 0 Å². The summed E-state index contributed by atoms with van der Waals surface area (Å²) in [6, 6.07) is 11.8. The molecule has 2 aromatic heterocycles. The summed E-state index contributed by atoms with van der Waals surface area (Å²) in [5, 5.41) is 7.02. The zero-order valence-electron chi connectivity index (χ0n) is 11.5. The van der Waals surface area contributed by atoms with Gasteiger partial charge in [0.15, 0.2) is 0 Å². The Bertz CT molecular complexity index is 740. The fourth-order valence-corrected chi connectivity index (χ4v) is 3.04. The molecule has 3 aromatic rings. The largest absolute Gasteiger partial charge is 0.378 e. The number of anilines is 1. The Labute approximate surface area is 132 Å². The van der Waals surface area contributed by atoms with Gasteiger partial charge in [-0.1, -0.05) is 23.7 Å². The Balaban J connectivity index is 1.70. The highest BCUT2D eigenvalue weighted by Crippen LogP contribution is 2.25. The molecule has 0 bridgehead atoms. The van der Waals surface area contributed by atoms with Crippen LogP contribution in [-0.2, 0) is 6.54 Å². The second-order valence-electron chi connectivity index (χ2n) is 4.70. The smallest absolute Gasteiger partial charge is 0.142 e. The summed E-state index contributed by atoms with van der Waals surface area (Å²) in [5.74, 6) is 0. The summed E-state index contributed by atoms with van der Waals surface area (Å²) in [7, 11) is 0. The minimum atomic E-state index is 0.645. The molecule has 0 atom stereocenters. The van der Waals surface area contributed by atoms with E-state index in [2.05, 4.69) is 15.3 Å². The van der Waals surface area contributed by atoms with Crippen LogP contribution < -0.4 is 5.32 Å². The number of halogens is 1. The van der Waals surface area contributed by atoms with E-state index in [9.17, 15) is 0 Å². The third kappa shape index (κ3) is 3.40. The van der Waals surface area contributed by atoms with Crippen LogP contribution >= 0.6 is 22.9 Å². The zero-order valence-corrected chi connectivity index (χ0v) is 13.1. The van der Waals surface area contributed by atoms with Crippen molar-refractivity contribution in [2.75, 3.05) is 5.32 Å². The van der Waals surface area contributed by atoms with Gasteiger partial charge in [0, 0.05) is 11.6 Å². The molecular formula is C16H14ClN3S. The van der Waals surface area contributed by atoms with Crippen LogP contribution in [0, 0.1) is 6.92 Å². The number of benzene rings is 1. The number of nitrogens with zero attached hydrogens (tertiary/aromatic N) is 2. The topological polar surface area (TPSA) is 37.8 Å². The molecule has 0 amide bonds. The molecule has 5 heteroatoms. The highest BCUT2D eigenvalue weighted by atomic mass is 35.5.